The van der Waals surface area contributed by atoms with Crippen LogP contribution in [0.1, 0.15) is 13.3 Å². The lowest BCUT2D eigenvalue weighted by molar-refractivity contribution is -0.122. The molecule has 0 bridgehead atoms. The van der Waals surface area contributed by atoms with Gasteiger partial charge in [-0.05, 0) is 19.1 Å². The normalized spacial score (nSPS) is 19.9. The van der Waals surface area contributed by atoms with E-state index in [1.165, 1.54) is 18.9 Å². The number of amides is 2. The third-order valence-corrected chi connectivity index (χ3v) is 4.37. The highest BCUT2D eigenvalue weighted by atomic mass is 32.2. The number of nitrogens with one attached hydrogen (secondary N) is 2. The summed E-state index contributed by atoms with van der Waals surface area (Å²) in [6.07, 6.45) is 0.0617. The number of carbonyl (C=O) groups excluding carboxylic acids is 2. The molecule has 7 nitrogen and oxygen atoms in total. The number of nitrogens with zero attached hydrogens (tertiary/aromatic N) is 1. The quantitative estimate of drug-likeness (QED) is 0.780. The van der Waals surface area contributed by atoms with Crippen molar-refractivity contribution in [3.8, 4) is 5.75 Å². The number of aliphatic imine (C=N–C) groups is 1. The first-order valence-corrected chi connectivity index (χ1v) is 8.38. The van der Waals surface area contributed by atoms with Gasteiger partial charge in [0.25, 0.3) is 0 Å². The molecule has 1 fully saturated rings. The van der Waals surface area contributed by atoms with Crippen molar-refractivity contribution in [3.05, 3.63) is 24.3 Å². The summed E-state index contributed by atoms with van der Waals surface area (Å²) in [4.78, 5) is 28.5. The number of hydrogen-bond acceptors (Lipinski definition) is 6. The van der Waals surface area contributed by atoms with E-state index in [0.29, 0.717) is 23.2 Å². The Morgan fingerprint density at radius 1 is 1.42 bits per heavy atom. The molecular weight excluding hydrogens is 330 g/mol. The van der Waals surface area contributed by atoms with Gasteiger partial charge in [0.15, 0.2) is 5.17 Å². The van der Waals surface area contributed by atoms with Gasteiger partial charge in [0.1, 0.15) is 11.0 Å². The highest BCUT2D eigenvalue weighted by Crippen LogP contribution is 2.26. The summed E-state index contributed by atoms with van der Waals surface area (Å²) in [6, 6.07) is 7.07. The van der Waals surface area contributed by atoms with E-state index in [4.69, 9.17) is 9.47 Å². The van der Waals surface area contributed by atoms with Gasteiger partial charge in [-0.2, -0.15) is 0 Å². The van der Waals surface area contributed by atoms with Crippen LogP contribution >= 0.6 is 11.8 Å². The SMILES string of the molecule is COC[C@@H](C)N=C1NC(=O)[C@H](CC(=O)Nc2ccccc2OC)S1. The zero-order valence-electron chi connectivity index (χ0n) is 13.9. The molecule has 0 saturated carbocycles. The van der Waals surface area contributed by atoms with E-state index in [-0.39, 0.29) is 24.3 Å². The summed E-state index contributed by atoms with van der Waals surface area (Å²) in [5.41, 5.74) is 0.580. The maximum Gasteiger partial charge on any atom is 0.240 e. The van der Waals surface area contributed by atoms with Crippen LogP contribution in [0.3, 0.4) is 0 Å². The minimum Gasteiger partial charge on any atom is -0.495 e. The number of carbonyl (C=O) groups is 2. The fraction of sp³-hybridized carbons (Fsp3) is 0.438. The summed E-state index contributed by atoms with van der Waals surface area (Å²) in [5, 5.41) is 5.50. The molecule has 2 amide bonds. The lowest BCUT2D eigenvalue weighted by Crippen LogP contribution is -2.28. The van der Waals surface area contributed by atoms with Crippen molar-refractivity contribution in [2.75, 3.05) is 26.1 Å². The minimum absolute atomic E-state index is 0.0565. The van der Waals surface area contributed by atoms with Gasteiger partial charge in [-0.15, -0.1) is 0 Å². The van der Waals surface area contributed by atoms with E-state index in [9.17, 15) is 9.59 Å². The first-order chi connectivity index (χ1) is 11.5. The average Bonchev–Trinajstić information content (AvgIpc) is 2.87. The first kappa shape index (κ1) is 18.3. The second-order valence-electron chi connectivity index (χ2n) is 5.29. The van der Waals surface area contributed by atoms with Crippen LogP contribution in [0, 0.1) is 0 Å². The monoisotopic (exact) mass is 351 g/mol. The average molecular weight is 351 g/mol. The Hall–Kier alpha value is -2.06. The Labute approximate surface area is 145 Å². The van der Waals surface area contributed by atoms with E-state index in [1.54, 1.807) is 25.3 Å². The molecule has 1 aliphatic heterocycles. The van der Waals surface area contributed by atoms with Crippen molar-refractivity contribution in [1.82, 2.24) is 5.32 Å². The number of benzene rings is 1. The number of methoxy groups -OCH3 is 2. The fourth-order valence-electron chi connectivity index (χ4n) is 2.20. The Balaban J connectivity index is 1.93. The summed E-state index contributed by atoms with van der Waals surface area (Å²) >= 11 is 1.26. The van der Waals surface area contributed by atoms with Crippen LogP contribution in [0.2, 0.25) is 0 Å². The van der Waals surface area contributed by atoms with E-state index in [1.807, 2.05) is 13.0 Å². The zero-order chi connectivity index (χ0) is 17.5. The molecule has 8 heteroatoms. The maximum absolute atomic E-state index is 12.2. The molecule has 0 unspecified atom stereocenters. The molecule has 0 spiro atoms. The summed E-state index contributed by atoms with van der Waals surface area (Å²) < 4.78 is 10.2. The molecule has 24 heavy (non-hydrogen) atoms. The lowest BCUT2D eigenvalue weighted by Gasteiger charge is -2.10. The minimum atomic E-state index is -0.492. The molecule has 0 aromatic heterocycles. The van der Waals surface area contributed by atoms with E-state index in [0.717, 1.165) is 0 Å². The lowest BCUT2D eigenvalue weighted by atomic mass is 10.2. The molecule has 1 saturated heterocycles. The van der Waals surface area contributed by atoms with Crippen LogP contribution in [-0.2, 0) is 14.3 Å². The highest BCUT2D eigenvalue weighted by molar-refractivity contribution is 8.15. The molecule has 1 heterocycles. The molecule has 2 atom stereocenters. The van der Waals surface area contributed by atoms with Gasteiger partial charge in [0.2, 0.25) is 11.8 Å². The van der Waals surface area contributed by atoms with Crippen molar-refractivity contribution in [2.24, 2.45) is 4.99 Å². The van der Waals surface area contributed by atoms with Gasteiger partial charge in [0, 0.05) is 13.5 Å². The Morgan fingerprint density at radius 3 is 2.88 bits per heavy atom. The fourth-order valence-corrected chi connectivity index (χ4v) is 3.27. The molecule has 1 aromatic rings. The molecule has 130 valence electrons. The maximum atomic E-state index is 12.2. The number of rotatable bonds is 7. The number of para-hydroxylation sites is 2. The van der Waals surface area contributed by atoms with Crippen LogP contribution in [0.15, 0.2) is 29.3 Å². The molecule has 2 N–H and O–H groups in total. The van der Waals surface area contributed by atoms with Gasteiger partial charge in [-0.3, -0.25) is 14.6 Å². The Morgan fingerprint density at radius 2 is 2.17 bits per heavy atom. The largest absolute Gasteiger partial charge is 0.495 e. The molecule has 1 aliphatic rings. The van der Waals surface area contributed by atoms with Gasteiger partial charge in [-0.25, -0.2) is 0 Å². The van der Waals surface area contributed by atoms with Crippen molar-refractivity contribution >= 4 is 34.4 Å². The number of amidine groups is 1. The van der Waals surface area contributed by atoms with Crippen molar-refractivity contribution in [1.29, 1.82) is 0 Å². The number of thioether (sulfide) groups is 1. The predicted octanol–water partition coefficient (Wildman–Crippen LogP) is 1.65. The zero-order valence-corrected chi connectivity index (χ0v) is 14.7. The van der Waals surface area contributed by atoms with Gasteiger partial charge < -0.3 is 20.1 Å². The second kappa shape index (κ2) is 8.70. The molecule has 0 aliphatic carbocycles. The summed E-state index contributed by atoms with van der Waals surface area (Å²) in [6.45, 7) is 2.36. The van der Waals surface area contributed by atoms with E-state index < -0.39 is 5.25 Å². The standard InChI is InChI=1S/C16H21N3O4S/c1-10(9-22-2)17-16-19-15(21)13(24-16)8-14(20)18-11-6-4-5-7-12(11)23-3/h4-7,10,13H,8-9H2,1-3H3,(H,18,20)(H,17,19,21)/t10-,13+/m1/s1. The Bertz CT molecular complexity index is 636. The van der Waals surface area contributed by atoms with E-state index in [2.05, 4.69) is 15.6 Å². The van der Waals surface area contributed by atoms with E-state index >= 15 is 0 Å². The molecular formula is C16H21N3O4S. The second-order valence-corrected chi connectivity index (χ2v) is 6.48. The van der Waals surface area contributed by atoms with Gasteiger partial charge in [-0.1, -0.05) is 23.9 Å². The van der Waals surface area contributed by atoms with Crippen molar-refractivity contribution < 1.29 is 19.1 Å². The third kappa shape index (κ3) is 4.97. The van der Waals surface area contributed by atoms with Crippen molar-refractivity contribution in [2.45, 2.75) is 24.6 Å². The van der Waals surface area contributed by atoms with Crippen LogP contribution in [-0.4, -0.2) is 49.1 Å². The predicted molar refractivity (Wildman–Crippen MR) is 94.5 cm³/mol. The van der Waals surface area contributed by atoms with Gasteiger partial charge >= 0.3 is 0 Å². The van der Waals surface area contributed by atoms with Crippen LogP contribution in [0.4, 0.5) is 5.69 Å². The van der Waals surface area contributed by atoms with Crippen LogP contribution in [0.5, 0.6) is 5.75 Å². The number of hydrogen-bond donors (Lipinski definition) is 2. The smallest absolute Gasteiger partial charge is 0.240 e. The summed E-state index contributed by atoms with van der Waals surface area (Å²) in [5.74, 6) is 0.113. The molecule has 0 radical (unpaired) electrons. The van der Waals surface area contributed by atoms with Gasteiger partial charge in [0.05, 0.1) is 25.4 Å². The molecule has 2 rings (SSSR count). The third-order valence-electron chi connectivity index (χ3n) is 3.27. The van der Waals surface area contributed by atoms with Crippen LogP contribution < -0.4 is 15.4 Å². The van der Waals surface area contributed by atoms with Crippen LogP contribution in [0.25, 0.3) is 0 Å². The Kier molecular flexibility index (Phi) is 6.62. The van der Waals surface area contributed by atoms with Crippen molar-refractivity contribution in [3.63, 3.8) is 0 Å². The molecule has 1 aromatic carbocycles. The topological polar surface area (TPSA) is 89.0 Å². The highest BCUT2D eigenvalue weighted by Gasteiger charge is 2.32. The summed E-state index contributed by atoms with van der Waals surface area (Å²) in [7, 11) is 3.14. The number of ether oxygens (including phenoxy) is 2. The number of anilines is 1. The first-order valence-electron chi connectivity index (χ1n) is 7.50.